The van der Waals surface area contributed by atoms with Crippen LogP contribution in [-0.4, -0.2) is 23.2 Å². The molecule has 0 spiro atoms. The topological polar surface area (TPSA) is 35.5 Å². The predicted octanol–water partition coefficient (Wildman–Crippen LogP) is 3.62. The summed E-state index contributed by atoms with van der Waals surface area (Å²) in [6.07, 6.45) is -0.189. The summed E-state index contributed by atoms with van der Waals surface area (Å²) in [5.41, 5.74) is 0. The van der Waals surface area contributed by atoms with Crippen LogP contribution in [0, 0.1) is 0 Å². The first-order chi connectivity index (χ1) is 5.62. The lowest BCUT2D eigenvalue weighted by Crippen LogP contribution is -2.13. The van der Waals surface area contributed by atoms with Crippen LogP contribution in [0.2, 0.25) is 0 Å². The van der Waals surface area contributed by atoms with Crippen molar-refractivity contribution in [3.63, 3.8) is 0 Å². The number of hydrogen-bond acceptors (Lipinski definition) is 3. The normalized spacial score (nSPS) is 17.5. The van der Waals surface area contributed by atoms with Crippen LogP contribution in [0.5, 0.6) is 0 Å². The van der Waals surface area contributed by atoms with Crippen molar-refractivity contribution in [1.82, 2.24) is 0 Å². The molecule has 0 aromatic rings. The van der Waals surface area contributed by atoms with Gasteiger partial charge in [-0.2, -0.15) is 0 Å². The quantitative estimate of drug-likeness (QED) is 0.577. The molecule has 0 N–H and O–H groups in total. The highest BCUT2D eigenvalue weighted by Crippen LogP contribution is 2.47. The summed E-state index contributed by atoms with van der Waals surface area (Å²) in [5.74, 6) is 0. The number of halogens is 3. The van der Waals surface area contributed by atoms with Crippen molar-refractivity contribution in [1.29, 1.82) is 0 Å². The largest absolute Gasteiger partial charge is 0.328 e. The first-order valence-corrected chi connectivity index (χ1v) is 6.72. The molecule has 7 heteroatoms. The molecule has 0 aromatic carbocycles. The molecule has 0 radical (unpaired) electrons. The van der Waals surface area contributed by atoms with E-state index in [0.717, 1.165) is 0 Å². The number of alkyl halides is 3. The van der Waals surface area contributed by atoms with Gasteiger partial charge in [-0.25, -0.2) is 0 Å². The third-order valence-corrected chi connectivity index (χ3v) is 2.60. The molecule has 0 amide bonds. The fourth-order valence-electron chi connectivity index (χ4n) is 0.604. The number of rotatable bonds is 4. The zero-order valence-electron chi connectivity index (χ0n) is 7.59. The standard InChI is InChI=1S/C6H12Cl3O3P/c1-5(2)12-13(3,10)11-4-6(7,8)9/h5H,4H2,1-3H3/t13-/m1/s1. The molecule has 0 rings (SSSR count). The van der Waals surface area contributed by atoms with Gasteiger partial charge in [0.15, 0.2) is 0 Å². The van der Waals surface area contributed by atoms with Gasteiger partial charge in [-0.15, -0.1) is 0 Å². The second kappa shape index (κ2) is 5.20. The van der Waals surface area contributed by atoms with Crippen molar-refractivity contribution < 1.29 is 13.6 Å². The van der Waals surface area contributed by atoms with E-state index in [9.17, 15) is 4.57 Å². The smallest absolute Gasteiger partial charge is 0.306 e. The molecule has 0 aliphatic heterocycles. The Morgan fingerprint density at radius 3 is 2.15 bits per heavy atom. The lowest BCUT2D eigenvalue weighted by Gasteiger charge is -2.19. The lowest BCUT2D eigenvalue weighted by molar-refractivity contribution is 0.174. The van der Waals surface area contributed by atoms with Crippen molar-refractivity contribution in [3.8, 4) is 0 Å². The van der Waals surface area contributed by atoms with Gasteiger partial charge in [0.05, 0.1) is 6.10 Å². The van der Waals surface area contributed by atoms with E-state index in [1.54, 1.807) is 13.8 Å². The second-order valence-corrected chi connectivity index (χ2v) is 7.34. The van der Waals surface area contributed by atoms with Crippen LogP contribution in [0.25, 0.3) is 0 Å². The molecule has 13 heavy (non-hydrogen) atoms. The third-order valence-electron chi connectivity index (χ3n) is 0.865. The molecule has 0 aliphatic carbocycles. The van der Waals surface area contributed by atoms with Gasteiger partial charge < -0.3 is 9.05 Å². The van der Waals surface area contributed by atoms with Crippen molar-refractivity contribution >= 4 is 42.4 Å². The maximum atomic E-state index is 11.5. The van der Waals surface area contributed by atoms with Gasteiger partial charge in [-0.1, -0.05) is 34.8 Å². The van der Waals surface area contributed by atoms with Crippen LogP contribution in [0.15, 0.2) is 0 Å². The molecular formula is C6H12Cl3O3P. The van der Waals surface area contributed by atoms with Crippen LogP contribution in [0.4, 0.5) is 0 Å². The molecule has 0 fully saturated rings. The Balaban J connectivity index is 3.97. The summed E-state index contributed by atoms with van der Waals surface area (Å²) in [6.45, 7) is 4.57. The minimum atomic E-state index is -3.10. The van der Waals surface area contributed by atoms with E-state index in [-0.39, 0.29) is 12.7 Å². The molecule has 0 aliphatic rings. The van der Waals surface area contributed by atoms with Crippen LogP contribution in [0.3, 0.4) is 0 Å². The zero-order chi connectivity index (χ0) is 10.7. The fourth-order valence-corrected chi connectivity index (χ4v) is 2.25. The van der Waals surface area contributed by atoms with Gasteiger partial charge in [0.1, 0.15) is 6.61 Å². The molecule has 0 heterocycles. The Morgan fingerprint density at radius 2 is 1.85 bits per heavy atom. The Hall–Kier alpha value is 1.02. The minimum absolute atomic E-state index is 0.189. The van der Waals surface area contributed by atoms with Crippen molar-refractivity contribution in [2.24, 2.45) is 0 Å². The van der Waals surface area contributed by atoms with E-state index in [0.29, 0.717) is 0 Å². The summed E-state index contributed by atoms with van der Waals surface area (Å²) in [7, 11) is -3.10. The molecule has 0 bridgehead atoms. The van der Waals surface area contributed by atoms with Gasteiger partial charge in [-0.05, 0) is 13.8 Å². The van der Waals surface area contributed by atoms with Gasteiger partial charge in [0, 0.05) is 6.66 Å². The fraction of sp³-hybridized carbons (Fsp3) is 1.00. The summed E-state index contributed by atoms with van der Waals surface area (Å²) in [4.78, 5) is 0. The van der Waals surface area contributed by atoms with Crippen molar-refractivity contribution in [2.45, 2.75) is 23.7 Å². The first-order valence-electron chi connectivity index (χ1n) is 3.59. The molecule has 3 nitrogen and oxygen atoms in total. The van der Waals surface area contributed by atoms with Crippen LogP contribution < -0.4 is 0 Å². The van der Waals surface area contributed by atoms with E-state index < -0.39 is 11.4 Å². The number of hydrogen-bond donors (Lipinski definition) is 0. The lowest BCUT2D eigenvalue weighted by atomic mass is 10.5. The van der Waals surface area contributed by atoms with E-state index in [4.69, 9.17) is 43.9 Å². The Labute approximate surface area is 93.2 Å². The zero-order valence-corrected chi connectivity index (χ0v) is 10.8. The molecular weight excluding hydrogens is 257 g/mol. The maximum Gasteiger partial charge on any atom is 0.328 e. The Bertz CT molecular complexity index is 202. The average molecular weight is 269 g/mol. The Morgan fingerprint density at radius 1 is 1.38 bits per heavy atom. The second-order valence-electron chi connectivity index (χ2n) is 2.81. The van der Waals surface area contributed by atoms with Gasteiger partial charge in [0.25, 0.3) is 0 Å². The van der Waals surface area contributed by atoms with E-state index in [2.05, 4.69) is 0 Å². The van der Waals surface area contributed by atoms with Gasteiger partial charge >= 0.3 is 7.60 Å². The SMILES string of the molecule is CC(C)O[P@](C)(=O)OCC(Cl)(Cl)Cl. The molecule has 0 saturated carbocycles. The van der Waals surface area contributed by atoms with Crippen molar-refractivity contribution in [3.05, 3.63) is 0 Å². The molecule has 0 saturated heterocycles. The molecule has 80 valence electrons. The summed E-state index contributed by atoms with van der Waals surface area (Å²) >= 11 is 16.2. The highest BCUT2D eigenvalue weighted by Gasteiger charge is 2.26. The maximum absolute atomic E-state index is 11.5. The predicted molar refractivity (Wildman–Crippen MR) is 56.0 cm³/mol. The summed E-state index contributed by atoms with van der Waals surface area (Å²) in [6, 6.07) is 0. The summed E-state index contributed by atoms with van der Waals surface area (Å²) in [5, 5.41) is 0. The van der Waals surface area contributed by atoms with Crippen LogP contribution in [-0.2, 0) is 13.6 Å². The monoisotopic (exact) mass is 268 g/mol. The van der Waals surface area contributed by atoms with E-state index in [1.165, 1.54) is 6.66 Å². The third kappa shape index (κ3) is 9.33. The van der Waals surface area contributed by atoms with Gasteiger partial charge in [0.2, 0.25) is 3.79 Å². The molecule has 1 atom stereocenters. The van der Waals surface area contributed by atoms with Crippen LogP contribution >= 0.6 is 42.4 Å². The highest BCUT2D eigenvalue weighted by molar-refractivity contribution is 7.53. The molecule has 0 unspecified atom stereocenters. The van der Waals surface area contributed by atoms with Gasteiger partial charge in [-0.3, -0.25) is 4.57 Å². The molecule has 0 aromatic heterocycles. The van der Waals surface area contributed by atoms with Crippen LogP contribution in [0.1, 0.15) is 13.8 Å². The minimum Gasteiger partial charge on any atom is -0.306 e. The first kappa shape index (κ1) is 14.0. The Kier molecular flexibility index (Phi) is 5.61. The highest BCUT2D eigenvalue weighted by atomic mass is 35.6. The summed E-state index contributed by atoms with van der Waals surface area (Å²) < 4.78 is 19.7. The van der Waals surface area contributed by atoms with Crippen molar-refractivity contribution in [2.75, 3.05) is 13.3 Å². The van der Waals surface area contributed by atoms with E-state index >= 15 is 0 Å². The van der Waals surface area contributed by atoms with E-state index in [1.807, 2.05) is 0 Å². The average Bonchev–Trinajstić information content (AvgIpc) is 1.79.